The number of imide groups is 1. The second-order valence-corrected chi connectivity index (χ2v) is 7.99. The van der Waals surface area contributed by atoms with Crippen LogP contribution in [0.5, 0.6) is 0 Å². The molecule has 10 heteroatoms. The number of ether oxygens (including phenoxy) is 1. The minimum atomic E-state index is -0.611. The topological polar surface area (TPSA) is 122 Å². The molecule has 3 amide bonds. The SMILES string of the molecule is O=C(CCCN1C(=O)c2ccc([N+](=O)[O-])cc2C1=O)Nc1ccc(CN2CCOCC2)cc1. The average molecular weight is 452 g/mol. The van der Waals surface area contributed by atoms with E-state index in [9.17, 15) is 24.5 Å². The third kappa shape index (κ3) is 5.24. The zero-order valence-electron chi connectivity index (χ0n) is 18.0. The molecular formula is C23H24N4O6. The summed E-state index contributed by atoms with van der Waals surface area (Å²) in [6, 6.07) is 11.3. The van der Waals surface area contributed by atoms with E-state index in [1.807, 2.05) is 24.3 Å². The van der Waals surface area contributed by atoms with Crippen molar-refractivity contribution in [2.75, 3.05) is 38.2 Å². The fourth-order valence-electron chi connectivity index (χ4n) is 3.93. The van der Waals surface area contributed by atoms with E-state index in [0.717, 1.165) is 49.4 Å². The van der Waals surface area contributed by atoms with Gasteiger partial charge in [0.1, 0.15) is 0 Å². The number of nitro benzene ring substituents is 1. The van der Waals surface area contributed by atoms with Gasteiger partial charge in [-0.1, -0.05) is 12.1 Å². The summed E-state index contributed by atoms with van der Waals surface area (Å²) in [5, 5.41) is 13.7. The van der Waals surface area contributed by atoms with Gasteiger partial charge in [-0.25, -0.2) is 0 Å². The van der Waals surface area contributed by atoms with E-state index in [1.165, 1.54) is 12.1 Å². The van der Waals surface area contributed by atoms with E-state index in [-0.39, 0.29) is 42.1 Å². The van der Waals surface area contributed by atoms with Gasteiger partial charge < -0.3 is 10.1 Å². The monoisotopic (exact) mass is 452 g/mol. The Hall–Kier alpha value is -3.63. The number of amides is 3. The van der Waals surface area contributed by atoms with Gasteiger partial charge in [-0.2, -0.15) is 0 Å². The molecule has 2 aromatic carbocycles. The van der Waals surface area contributed by atoms with Gasteiger partial charge in [0.2, 0.25) is 5.91 Å². The highest BCUT2D eigenvalue weighted by Crippen LogP contribution is 2.27. The lowest BCUT2D eigenvalue weighted by molar-refractivity contribution is -0.384. The standard InChI is InChI=1S/C23H24N4O6/c28-21(24-17-5-3-16(4-6-17)15-25-10-12-33-13-11-25)2-1-9-26-22(29)19-8-7-18(27(31)32)14-20(19)23(26)30/h3-8,14H,1-2,9-13,15H2,(H,24,28). The Morgan fingerprint density at radius 2 is 1.73 bits per heavy atom. The van der Waals surface area contributed by atoms with E-state index >= 15 is 0 Å². The van der Waals surface area contributed by atoms with E-state index < -0.39 is 16.7 Å². The molecule has 0 radical (unpaired) electrons. The number of rotatable bonds is 8. The van der Waals surface area contributed by atoms with Crippen molar-refractivity contribution in [1.82, 2.24) is 9.80 Å². The highest BCUT2D eigenvalue weighted by atomic mass is 16.6. The Kier molecular flexibility index (Phi) is 6.76. The van der Waals surface area contributed by atoms with E-state index in [2.05, 4.69) is 10.2 Å². The molecule has 33 heavy (non-hydrogen) atoms. The lowest BCUT2D eigenvalue weighted by Crippen LogP contribution is -2.35. The minimum absolute atomic E-state index is 0.0239. The Bertz CT molecular complexity index is 1080. The van der Waals surface area contributed by atoms with Gasteiger partial charge in [-0.05, 0) is 30.2 Å². The van der Waals surface area contributed by atoms with Crippen molar-refractivity contribution in [2.45, 2.75) is 19.4 Å². The first kappa shape index (κ1) is 22.6. The number of carbonyl (C=O) groups is 3. The molecule has 1 saturated heterocycles. The molecule has 0 aromatic heterocycles. The summed E-state index contributed by atoms with van der Waals surface area (Å²) in [6.45, 7) is 4.20. The molecule has 172 valence electrons. The van der Waals surface area contributed by atoms with E-state index in [0.29, 0.717) is 5.69 Å². The first-order valence-corrected chi connectivity index (χ1v) is 10.8. The first-order chi connectivity index (χ1) is 15.9. The summed E-state index contributed by atoms with van der Waals surface area (Å²) < 4.78 is 5.35. The molecule has 0 spiro atoms. The second kappa shape index (κ2) is 9.88. The van der Waals surface area contributed by atoms with Crippen molar-refractivity contribution in [3.8, 4) is 0 Å². The first-order valence-electron chi connectivity index (χ1n) is 10.8. The van der Waals surface area contributed by atoms with Crippen LogP contribution >= 0.6 is 0 Å². The maximum Gasteiger partial charge on any atom is 0.270 e. The summed E-state index contributed by atoms with van der Waals surface area (Å²) >= 11 is 0. The van der Waals surface area contributed by atoms with Gasteiger partial charge in [-0.3, -0.25) is 34.3 Å². The number of nitrogens with zero attached hydrogens (tertiary/aromatic N) is 3. The van der Waals surface area contributed by atoms with Crippen molar-refractivity contribution in [1.29, 1.82) is 0 Å². The fourth-order valence-corrected chi connectivity index (χ4v) is 3.93. The Morgan fingerprint density at radius 3 is 2.42 bits per heavy atom. The normalized spacial score (nSPS) is 16.1. The lowest BCUT2D eigenvalue weighted by Gasteiger charge is -2.26. The Labute approximate surface area is 190 Å². The number of hydrogen-bond acceptors (Lipinski definition) is 7. The molecule has 2 aliphatic rings. The molecule has 0 unspecified atom stereocenters. The maximum atomic E-state index is 12.5. The van der Waals surface area contributed by atoms with Crippen molar-refractivity contribution in [2.24, 2.45) is 0 Å². The van der Waals surface area contributed by atoms with E-state index in [1.54, 1.807) is 0 Å². The number of carbonyl (C=O) groups excluding carboxylic acids is 3. The summed E-state index contributed by atoms with van der Waals surface area (Å²) in [5.41, 5.74) is 1.76. The van der Waals surface area contributed by atoms with Crippen molar-refractivity contribution < 1.29 is 24.0 Å². The molecule has 1 fully saturated rings. The number of hydrogen-bond donors (Lipinski definition) is 1. The molecule has 10 nitrogen and oxygen atoms in total. The van der Waals surface area contributed by atoms with Crippen LogP contribution in [0.2, 0.25) is 0 Å². The van der Waals surface area contributed by atoms with Crippen LogP contribution in [-0.4, -0.2) is 65.3 Å². The molecule has 4 rings (SSSR count). The van der Waals surface area contributed by atoms with Crippen LogP contribution in [0.1, 0.15) is 39.1 Å². The van der Waals surface area contributed by atoms with Gasteiger partial charge in [0.15, 0.2) is 0 Å². The summed E-state index contributed by atoms with van der Waals surface area (Å²) in [4.78, 5) is 50.9. The van der Waals surface area contributed by atoms with E-state index in [4.69, 9.17) is 4.74 Å². The van der Waals surface area contributed by atoms with Crippen LogP contribution in [0.25, 0.3) is 0 Å². The smallest absolute Gasteiger partial charge is 0.270 e. The van der Waals surface area contributed by atoms with Crippen LogP contribution in [0, 0.1) is 10.1 Å². The lowest BCUT2D eigenvalue weighted by atomic mass is 10.1. The molecule has 2 aromatic rings. The molecular weight excluding hydrogens is 428 g/mol. The number of benzene rings is 2. The van der Waals surface area contributed by atoms with Crippen LogP contribution in [-0.2, 0) is 16.1 Å². The maximum absolute atomic E-state index is 12.5. The minimum Gasteiger partial charge on any atom is -0.379 e. The highest BCUT2D eigenvalue weighted by molar-refractivity contribution is 6.21. The third-order valence-corrected chi connectivity index (χ3v) is 5.70. The van der Waals surface area contributed by atoms with Crippen LogP contribution in [0.3, 0.4) is 0 Å². The number of nitrogens with one attached hydrogen (secondary N) is 1. The van der Waals surface area contributed by atoms with Gasteiger partial charge in [0.25, 0.3) is 17.5 Å². The zero-order chi connectivity index (χ0) is 23.4. The molecule has 0 saturated carbocycles. The zero-order valence-corrected chi connectivity index (χ0v) is 18.0. The number of fused-ring (bicyclic) bond motifs is 1. The number of non-ortho nitro benzene ring substituents is 1. The molecule has 1 N–H and O–H groups in total. The number of anilines is 1. The van der Waals surface area contributed by atoms with Crippen molar-refractivity contribution in [3.63, 3.8) is 0 Å². The van der Waals surface area contributed by atoms with Crippen molar-refractivity contribution in [3.05, 3.63) is 69.3 Å². The Morgan fingerprint density at radius 1 is 1.03 bits per heavy atom. The molecule has 0 atom stereocenters. The Balaban J connectivity index is 1.25. The summed E-state index contributed by atoms with van der Waals surface area (Å²) in [6.07, 6.45) is 0.414. The average Bonchev–Trinajstić information content (AvgIpc) is 3.05. The predicted octanol–water partition coefficient (Wildman–Crippen LogP) is 2.44. The summed E-state index contributed by atoms with van der Waals surface area (Å²) in [7, 11) is 0. The predicted molar refractivity (Wildman–Crippen MR) is 119 cm³/mol. The van der Waals surface area contributed by atoms with Crippen molar-refractivity contribution >= 4 is 29.1 Å². The van der Waals surface area contributed by atoms with Crippen LogP contribution in [0.4, 0.5) is 11.4 Å². The molecule has 2 heterocycles. The van der Waals surface area contributed by atoms with Gasteiger partial charge in [0, 0.05) is 50.4 Å². The third-order valence-electron chi connectivity index (χ3n) is 5.70. The second-order valence-electron chi connectivity index (χ2n) is 7.99. The fraction of sp³-hybridized carbons (Fsp3) is 0.348. The van der Waals surface area contributed by atoms with Gasteiger partial charge >= 0.3 is 0 Å². The van der Waals surface area contributed by atoms with Gasteiger partial charge in [0.05, 0.1) is 29.3 Å². The molecule has 0 aliphatic carbocycles. The number of morpholine rings is 1. The quantitative estimate of drug-likeness (QED) is 0.371. The highest BCUT2D eigenvalue weighted by Gasteiger charge is 2.36. The molecule has 2 aliphatic heterocycles. The van der Waals surface area contributed by atoms with Gasteiger partial charge in [-0.15, -0.1) is 0 Å². The van der Waals surface area contributed by atoms with Crippen LogP contribution in [0.15, 0.2) is 42.5 Å². The number of nitro groups is 1. The summed E-state index contributed by atoms with van der Waals surface area (Å²) in [5.74, 6) is -1.29. The largest absolute Gasteiger partial charge is 0.379 e. The van der Waals surface area contributed by atoms with Crippen LogP contribution < -0.4 is 5.32 Å². The molecule has 0 bridgehead atoms.